The summed E-state index contributed by atoms with van der Waals surface area (Å²) in [5, 5.41) is 5.68. The summed E-state index contributed by atoms with van der Waals surface area (Å²) in [5.74, 6) is 1.30. The second kappa shape index (κ2) is 6.66. The van der Waals surface area contributed by atoms with Crippen LogP contribution in [0.1, 0.15) is 31.7 Å². The van der Waals surface area contributed by atoms with Gasteiger partial charge in [-0.25, -0.2) is 0 Å². The van der Waals surface area contributed by atoms with Crippen LogP contribution < -0.4 is 15.8 Å². The minimum atomic E-state index is 0.284. The van der Waals surface area contributed by atoms with E-state index in [4.69, 9.17) is 10.5 Å². The molecule has 0 aliphatic heterocycles. The second-order valence-corrected chi connectivity index (χ2v) is 6.08. The van der Waals surface area contributed by atoms with Crippen LogP contribution in [0.15, 0.2) is 35.7 Å². The molecule has 3 N–H and O–H groups in total. The van der Waals surface area contributed by atoms with Crippen LogP contribution in [0.5, 0.6) is 5.75 Å². The molecule has 1 unspecified atom stereocenters. The first-order valence-electron chi connectivity index (χ1n) is 6.93. The maximum absolute atomic E-state index is 5.94. The summed E-state index contributed by atoms with van der Waals surface area (Å²) in [6.45, 7) is 7.04. The van der Waals surface area contributed by atoms with Gasteiger partial charge in [-0.05, 0) is 30.4 Å². The highest BCUT2D eigenvalue weighted by molar-refractivity contribution is 7.10. The summed E-state index contributed by atoms with van der Waals surface area (Å²) in [4.78, 5) is 1.33. The largest absolute Gasteiger partial charge is 0.494 e. The Morgan fingerprint density at radius 2 is 2.10 bits per heavy atom. The Labute approximate surface area is 124 Å². The normalized spacial score (nSPS) is 12.4. The number of rotatable bonds is 6. The lowest BCUT2D eigenvalue weighted by Gasteiger charge is -2.23. The number of benzene rings is 1. The fraction of sp³-hybridized carbons (Fsp3) is 0.375. The number of nitrogens with one attached hydrogen (secondary N) is 1. The Morgan fingerprint density at radius 3 is 2.70 bits per heavy atom. The highest BCUT2D eigenvalue weighted by Gasteiger charge is 2.17. The molecule has 0 bridgehead atoms. The Balaban J connectivity index is 2.22. The van der Waals surface area contributed by atoms with E-state index >= 15 is 0 Å². The molecule has 0 radical (unpaired) electrons. The average molecular weight is 290 g/mol. The lowest BCUT2D eigenvalue weighted by Crippen LogP contribution is -2.15. The van der Waals surface area contributed by atoms with Crippen LogP contribution in [0.3, 0.4) is 0 Å². The molecule has 1 aromatic heterocycles. The topological polar surface area (TPSA) is 47.3 Å². The van der Waals surface area contributed by atoms with Gasteiger partial charge >= 0.3 is 0 Å². The molecule has 2 rings (SSSR count). The molecule has 1 heterocycles. The van der Waals surface area contributed by atoms with Crippen molar-refractivity contribution in [3.8, 4) is 5.75 Å². The fourth-order valence-corrected chi connectivity index (χ4v) is 3.12. The average Bonchev–Trinajstić information content (AvgIpc) is 2.89. The van der Waals surface area contributed by atoms with Gasteiger partial charge in [-0.3, -0.25) is 0 Å². The van der Waals surface area contributed by atoms with Gasteiger partial charge in [-0.1, -0.05) is 19.9 Å². The first kappa shape index (κ1) is 14.7. The van der Waals surface area contributed by atoms with Crippen molar-refractivity contribution in [1.29, 1.82) is 0 Å². The zero-order valence-electron chi connectivity index (χ0n) is 12.2. The van der Waals surface area contributed by atoms with Crippen molar-refractivity contribution in [3.63, 3.8) is 0 Å². The summed E-state index contributed by atoms with van der Waals surface area (Å²) >= 11 is 1.77. The van der Waals surface area contributed by atoms with E-state index < -0.39 is 0 Å². The molecule has 0 spiro atoms. The smallest absolute Gasteiger partial charge is 0.123 e. The number of thiophene rings is 1. The van der Waals surface area contributed by atoms with Crippen LogP contribution >= 0.6 is 11.3 Å². The number of anilines is 2. The van der Waals surface area contributed by atoms with E-state index in [-0.39, 0.29) is 6.04 Å². The van der Waals surface area contributed by atoms with Gasteiger partial charge in [0.05, 0.1) is 12.6 Å². The molecular formula is C16H22N2OS. The van der Waals surface area contributed by atoms with Crippen LogP contribution in [0, 0.1) is 5.92 Å². The summed E-state index contributed by atoms with van der Waals surface area (Å²) in [6.07, 6.45) is 0. The highest BCUT2D eigenvalue weighted by Crippen LogP contribution is 2.32. The van der Waals surface area contributed by atoms with Crippen LogP contribution in [-0.4, -0.2) is 6.61 Å². The van der Waals surface area contributed by atoms with E-state index in [1.807, 2.05) is 25.1 Å². The van der Waals surface area contributed by atoms with E-state index in [1.54, 1.807) is 11.3 Å². The van der Waals surface area contributed by atoms with Gasteiger partial charge in [0, 0.05) is 28.4 Å². The minimum absolute atomic E-state index is 0.284. The van der Waals surface area contributed by atoms with E-state index in [0.717, 1.165) is 11.4 Å². The summed E-state index contributed by atoms with van der Waals surface area (Å²) in [5.41, 5.74) is 7.66. The molecule has 0 saturated carbocycles. The first-order chi connectivity index (χ1) is 9.60. The van der Waals surface area contributed by atoms with Crippen LogP contribution in [0.25, 0.3) is 0 Å². The van der Waals surface area contributed by atoms with Crippen molar-refractivity contribution in [3.05, 3.63) is 40.6 Å². The first-order valence-corrected chi connectivity index (χ1v) is 7.81. The molecule has 0 fully saturated rings. The summed E-state index contributed by atoms with van der Waals surface area (Å²) < 4.78 is 5.54. The maximum atomic E-state index is 5.94. The zero-order valence-corrected chi connectivity index (χ0v) is 13.0. The van der Waals surface area contributed by atoms with Crippen molar-refractivity contribution in [2.75, 3.05) is 17.7 Å². The predicted molar refractivity (Wildman–Crippen MR) is 87.5 cm³/mol. The third-order valence-corrected chi connectivity index (χ3v) is 4.03. The molecule has 0 amide bonds. The quantitative estimate of drug-likeness (QED) is 0.768. The van der Waals surface area contributed by atoms with E-state index in [0.29, 0.717) is 18.2 Å². The Kier molecular flexibility index (Phi) is 4.90. The molecular weight excluding hydrogens is 268 g/mol. The number of hydrogen-bond donors (Lipinski definition) is 2. The number of nitrogens with two attached hydrogens (primary N) is 1. The second-order valence-electron chi connectivity index (χ2n) is 5.11. The standard InChI is InChI=1S/C16H22N2OS/c1-4-19-14-9-12(17)8-13(10-14)18-16(11(2)3)15-6-5-7-20-15/h5-11,16,18H,4,17H2,1-3H3. The maximum Gasteiger partial charge on any atom is 0.123 e. The van der Waals surface area contributed by atoms with Crippen LogP contribution in [0.2, 0.25) is 0 Å². The van der Waals surface area contributed by atoms with Crippen molar-refractivity contribution in [1.82, 2.24) is 0 Å². The molecule has 1 aromatic carbocycles. The van der Waals surface area contributed by atoms with Crippen molar-refractivity contribution in [2.24, 2.45) is 5.92 Å². The van der Waals surface area contributed by atoms with Crippen molar-refractivity contribution in [2.45, 2.75) is 26.8 Å². The Hall–Kier alpha value is -1.68. The summed E-state index contributed by atoms with van der Waals surface area (Å²) in [6, 6.07) is 10.3. The molecule has 0 saturated heterocycles. The molecule has 0 aliphatic rings. The van der Waals surface area contributed by atoms with E-state index in [9.17, 15) is 0 Å². The monoisotopic (exact) mass is 290 g/mol. The van der Waals surface area contributed by atoms with Crippen molar-refractivity contribution >= 4 is 22.7 Å². The van der Waals surface area contributed by atoms with Gasteiger partial charge in [-0.15, -0.1) is 11.3 Å². The van der Waals surface area contributed by atoms with Gasteiger partial charge in [0.1, 0.15) is 5.75 Å². The minimum Gasteiger partial charge on any atom is -0.494 e. The Morgan fingerprint density at radius 1 is 1.30 bits per heavy atom. The number of ether oxygens (including phenoxy) is 1. The molecule has 20 heavy (non-hydrogen) atoms. The van der Waals surface area contributed by atoms with Gasteiger partial charge in [0.15, 0.2) is 0 Å². The van der Waals surface area contributed by atoms with Crippen LogP contribution in [0.4, 0.5) is 11.4 Å². The van der Waals surface area contributed by atoms with Crippen molar-refractivity contribution < 1.29 is 4.74 Å². The SMILES string of the molecule is CCOc1cc(N)cc(NC(c2cccs2)C(C)C)c1. The molecule has 3 nitrogen and oxygen atoms in total. The highest BCUT2D eigenvalue weighted by atomic mass is 32.1. The molecule has 4 heteroatoms. The molecule has 108 valence electrons. The van der Waals surface area contributed by atoms with E-state index in [2.05, 4.69) is 36.7 Å². The van der Waals surface area contributed by atoms with Gasteiger partial charge in [0.2, 0.25) is 0 Å². The fourth-order valence-electron chi connectivity index (χ4n) is 2.17. The summed E-state index contributed by atoms with van der Waals surface area (Å²) in [7, 11) is 0. The van der Waals surface area contributed by atoms with Gasteiger partial charge in [0.25, 0.3) is 0 Å². The molecule has 0 aliphatic carbocycles. The Bertz CT molecular complexity index is 537. The third kappa shape index (κ3) is 3.67. The van der Waals surface area contributed by atoms with Gasteiger partial charge < -0.3 is 15.8 Å². The number of nitrogen functional groups attached to an aromatic ring is 1. The predicted octanol–water partition coefficient (Wildman–Crippen LogP) is 4.54. The van der Waals surface area contributed by atoms with E-state index in [1.165, 1.54) is 4.88 Å². The third-order valence-electron chi connectivity index (χ3n) is 3.08. The molecule has 2 aromatic rings. The number of hydrogen-bond acceptors (Lipinski definition) is 4. The van der Waals surface area contributed by atoms with Gasteiger partial charge in [-0.2, -0.15) is 0 Å². The molecule has 1 atom stereocenters. The lowest BCUT2D eigenvalue weighted by molar-refractivity contribution is 0.340. The van der Waals surface area contributed by atoms with Crippen LogP contribution in [-0.2, 0) is 0 Å². The lowest BCUT2D eigenvalue weighted by atomic mass is 10.0. The zero-order chi connectivity index (χ0) is 14.5.